The van der Waals surface area contributed by atoms with E-state index in [1.54, 1.807) is 31.2 Å². The summed E-state index contributed by atoms with van der Waals surface area (Å²) in [6.07, 6.45) is 0.527. The van der Waals surface area contributed by atoms with Crippen molar-refractivity contribution in [3.05, 3.63) is 100 Å². The van der Waals surface area contributed by atoms with Crippen molar-refractivity contribution in [1.29, 1.82) is 0 Å². The number of hydrogen-bond acceptors (Lipinski definition) is 4. The van der Waals surface area contributed by atoms with Crippen LogP contribution in [0, 0.1) is 24.6 Å². The summed E-state index contributed by atoms with van der Waals surface area (Å²) in [6, 6.07) is 19.0. The van der Waals surface area contributed by atoms with Crippen LogP contribution in [0.4, 0.5) is 4.39 Å². The maximum atomic E-state index is 13.0. The molecule has 0 radical (unpaired) electrons. The lowest BCUT2D eigenvalue weighted by Crippen LogP contribution is -2.06. The first-order valence-electron chi connectivity index (χ1n) is 9.92. The molecule has 0 amide bonds. The lowest BCUT2D eigenvalue weighted by Gasteiger charge is -2.04. The molecule has 32 heavy (non-hydrogen) atoms. The predicted octanol–water partition coefficient (Wildman–Crippen LogP) is 4.13. The second-order valence-corrected chi connectivity index (χ2v) is 7.28. The number of carboxylic acids is 1. The summed E-state index contributed by atoms with van der Waals surface area (Å²) in [5, 5.41) is 21.8. The number of hydrogen-bond donors (Lipinski definition) is 1. The second-order valence-electron chi connectivity index (χ2n) is 7.28. The molecule has 6 nitrogen and oxygen atoms in total. The molecule has 1 N–H and O–H groups in total. The molecule has 7 heteroatoms. The summed E-state index contributed by atoms with van der Waals surface area (Å²) in [6.45, 7) is 2.14. The van der Waals surface area contributed by atoms with Crippen molar-refractivity contribution in [3.8, 4) is 23.2 Å². The Balaban J connectivity index is 1.46. The zero-order valence-corrected chi connectivity index (χ0v) is 17.3. The summed E-state index contributed by atoms with van der Waals surface area (Å²) in [4.78, 5) is 12.6. The zero-order valence-electron chi connectivity index (χ0n) is 17.3. The van der Waals surface area contributed by atoms with Crippen LogP contribution >= 0.6 is 0 Å². The molecule has 0 aliphatic heterocycles. The van der Waals surface area contributed by atoms with E-state index in [0.29, 0.717) is 24.4 Å². The molecular formula is C25H19FN4O2. The number of tetrazole rings is 1. The van der Waals surface area contributed by atoms with Gasteiger partial charge in [-0.15, -0.1) is 10.2 Å². The van der Waals surface area contributed by atoms with Gasteiger partial charge in [0.1, 0.15) is 5.82 Å². The molecule has 158 valence electrons. The van der Waals surface area contributed by atoms with Crippen molar-refractivity contribution in [2.24, 2.45) is 0 Å². The Hall–Kier alpha value is -4.31. The maximum Gasteiger partial charge on any atom is 0.335 e. The van der Waals surface area contributed by atoms with Gasteiger partial charge in [0, 0.05) is 17.5 Å². The van der Waals surface area contributed by atoms with Crippen LogP contribution in [0.2, 0.25) is 0 Å². The van der Waals surface area contributed by atoms with Crippen LogP contribution in [0.25, 0.3) is 11.4 Å². The van der Waals surface area contributed by atoms with Gasteiger partial charge in [-0.25, -0.2) is 9.18 Å². The molecule has 3 aromatic carbocycles. The number of carbonyl (C=O) groups is 1. The molecule has 0 saturated heterocycles. The van der Waals surface area contributed by atoms with E-state index in [1.165, 1.54) is 16.9 Å². The highest BCUT2D eigenvalue weighted by molar-refractivity contribution is 5.89. The first-order valence-corrected chi connectivity index (χ1v) is 9.92. The molecule has 1 heterocycles. The van der Waals surface area contributed by atoms with Crippen LogP contribution in [0.1, 0.15) is 32.6 Å². The Morgan fingerprint density at radius 1 is 1.06 bits per heavy atom. The van der Waals surface area contributed by atoms with Crippen molar-refractivity contribution >= 4 is 5.97 Å². The normalized spacial score (nSPS) is 10.4. The topological polar surface area (TPSA) is 80.9 Å². The largest absolute Gasteiger partial charge is 0.478 e. The number of carboxylic acid groups (broad SMARTS) is 1. The quantitative estimate of drug-likeness (QED) is 0.486. The van der Waals surface area contributed by atoms with Gasteiger partial charge in [-0.1, -0.05) is 48.2 Å². The number of nitrogens with zero attached hydrogens (tertiary/aromatic N) is 4. The Labute approximate surface area is 184 Å². The number of halogens is 1. The van der Waals surface area contributed by atoms with E-state index >= 15 is 0 Å². The average Bonchev–Trinajstić information content (AvgIpc) is 3.24. The van der Waals surface area contributed by atoms with Gasteiger partial charge >= 0.3 is 5.97 Å². The van der Waals surface area contributed by atoms with Gasteiger partial charge in [0.2, 0.25) is 5.82 Å². The third-order valence-electron chi connectivity index (χ3n) is 4.86. The number of aryl methyl sites for hydroxylation is 1. The molecule has 0 spiro atoms. The van der Waals surface area contributed by atoms with E-state index in [4.69, 9.17) is 5.11 Å². The number of benzene rings is 3. The van der Waals surface area contributed by atoms with E-state index in [-0.39, 0.29) is 11.4 Å². The van der Waals surface area contributed by atoms with Crippen LogP contribution < -0.4 is 0 Å². The average molecular weight is 426 g/mol. The van der Waals surface area contributed by atoms with Gasteiger partial charge in [0.15, 0.2) is 0 Å². The smallest absolute Gasteiger partial charge is 0.335 e. The van der Waals surface area contributed by atoms with E-state index in [0.717, 1.165) is 22.3 Å². The van der Waals surface area contributed by atoms with Gasteiger partial charge in [-0.3, -0.25) is 0 Å². The van der Waals surface area contributed by atoms with Crippen LogP contribution in [-0.2, 0) is 13.0 Å². The second kappa shape index (κ2) is 9.23. The minimum atomic E-state index is -0.948. The summed E-state index contributed by atoms with van der Waals surface area (Å²) < 4.78 is 13.0. The summed E-state index contributed by atoms with van der Waals surface area (Å²) in [5.74, 6) is 5.47. The molecule has 0 saturated carbocycles. The lowest BCUT2D eigenvalue weighted by atomic mass is 10.1. The molecule has 0 bridgehead atoms. The first-order chi connectivity index (χ1) is 15.5. The maximum absolute atomic E-state index is 13.0. The fraction of sp³-hybridized carbons (Fsp3) is 0.120. The fourth-order valence-corrected chi connectivity index (χ4v) is 3.24. The monoisotopic (exact) mass is 426 g/mol. The highest BCUT2D eigenvalue weighted by atomic mass is 19.1. The molecule has 0 unspecified atom stereocenters. The lowest BCUT2D eigenvalue weighted by molar-refractivity contribution is 0.0696. The van der Waals surface area contributed by atoms with Gasteiger partial charge in [0.25, 0.3) is 0 Å². The molecule has 0 fully saturated rings. The van der Waals surface area contributed by atoms with E-state index in [9.17, 15) is 9.18 Å². The van der Waals surface area contributed by atoms with Crippen LogP contribution in [0.3, 0.4) is 0 Å². The van der Waals surface area contributed by atoms with Crippen LogP contribution in [-0.4, -0.2) is 31.3 Å². The van der Waals surface area contributed by atoms with Crippen LogP contribution in [0.5, 0.6) is 0 Å². The number of aromatic carboxylic acids is 1. The van der Waals surface area contributed by atoms with Gasteiger partial charge in [-0.2, -0.15) is 4.80 Å². The van der Waals surface area contributed by atoms with Crippen molar-refractivity contribution in [2.75, 3.05) is 0 Å². The molecular weight excluding hydrogens is 407 g/mol. The summed E-state index contributed by atoms with van der Waals surface area (Å²) in [7, 11) is 0. The molecule has 0 atom stereocenters. The number of aromatic nitrogens is 4. The van der Waals surface area contributed by atoms with Crippen molar-refractivity contribution in [2.45, 2.75) is 19.9 Å². The zero-order chi connectivity index (χ0) is 22.5. The highest BCUT2D eigenvalue weighted by Crippen LogP contribution is 2.16. The molecule has 4 aromatic rings. The van der Waals surface area contributed by atoms with Crippen molar-refractivity contribution in [1.82, 2.24) is 20.2 Å². The highest BCUT2D eigenvalue weighted by Gasteiger charge is 2.10. The third-order valence-corrected chi connectivity index (χ3v) is 4.86. The molecule has 4 rings (SSSR count). The van der Waals surface area contributed by atoms with Gasteiger partial charge in [-0.05, 0) is 59.2 Å². The Morgan fingerprint density at radius 2 is 1.84 bits per heavy atom. The van der Waals surface area contributed by atoms with E-state index in [1.807, 2.05) is 30.3 Å². The van der Waals surface area contributed by atoms with Crippen molar-refractivity contribution < 1.29 is 14.3 Å². The van der Waals surface area contributed by atoms with Gasteiger partial charge in [0.05, 0.1) is 12.1 Å². The number of rotatable bonds is 5. The molecule has 0 aliphatic carbocycles. The SMILES string of the molecule is Cc1cc(Cn2nnc(-c3cccc(C#CCc4ccc(F)cc4)c3)n2)ccc1C(=O)O. The molecule has 0 aliphatic rings. The Bertz CT molecular complexity index is 1330. The minimum Gasteiger partial charge on any atom is -0.478 e. The predicted molar refractivity (Wildman–Crippen MR) is 117 cm³/mol. The van der Waals surface area contributed by atoms with Crippen molar-refractivity contribution in [3.63, 3.8) is 0 Å². The standard InChI is InChI=1S/C25H19FN4O2/c1-17-14-20(10-13-23(17)25(31)32)16-30-28-24(27-29-30)21-7-3-6-19(15-21)5-2-4-18-8-11-22(26)12-9-18/h3,6-15H,4,16H2,1H3,(H,31,32). The molecule has 1 aromatic heterocycles. The summed E-state index contributed by atoms with van der Waals surface area (Å²) >= 11 is 0. The third kappa shape index (κ3) is 5.05. The first kappa shape index (κ1) is 20.9. The van der Waals surface area contributed by atoms with Gasteiger partial charge < -0.3 is 5.11 Å². The van der Waals surface area contributed by atoms with E-state index < -0.39 is 5.97 Å². The Morgan fingerprint density at radius 3 is 2.59 bits per heavy atom. The van der Waals surface area contributed by atoms with E-state index in [2.05, 4.69) is 27.3 Å². The fourth-order valence-electron chi connectivity index (χ4n) is 3.24. The Kier molecular flexibility index (Phi) is 6.04. The summed E-state index contributed by atoms with van der Waals surface area (Å²) in [5.41, 5.74) is 4.41. The minimum absolute atomic E-state index is 0.262. The van der Waals surface area contributed by atoms with Crippen LogP contribution in [0.15, 0.2) is 66.7 Å².